The average Bonchev–Trinajstić information content (AvgIpc) is 3.12. The number of aliphatic hydroxyl groups excluding tert-OH is 1. The molecular weight excluding hydrogens is 262 g/mol. The Morgan fingerprint density at radius 1 is 1.24 bits per heavy atom. The van der Waals surface area contributed by atoms with Crippen LogP contribution >= 0.6 is 0 Å². The van der Waals surface area contributed by atoms with Gasteiger partial charge in [0.15, 0.2) is 0 Å². The lowest BCUT2D eigenvalue weighted by atomic mass is 9.82. The van der Waals surface area contributed by atoms with Crippen LogP contribution in [0.4, 0.5) is 0 Å². The van der Waals surface area contributed by atoms with Crippen molar-refractivity contribution in [2.24, 2.45) is 0 Å². The molecule has 1 unspecified atom stereocenters. The third-order valence-electron chi connectivity index (χ3n) is 5.18. The van der Waals surface area contributed by atoms with E-state index >= 15 is 0 Å². The van der Waals surface area contributed by atoms with E-state index in [1.807, 2.05) is 16.9 Å². The Labute approximate surface area is 129 Å². The molecule has 0 amide bonds. The van der Waals surface area contributed by atoms with Gasteiger partial charge < -0.3 is 5.11 Å². The maximum Gasteiger partial charge on any atom is 0.0779 e. The van der Waals surface area contributed by atoms with E-state index in [4.69, 9.17) is 0 Å². The number of aliphatic hydroxyl groups is 1. The monoisotopic (exact) mass is 293 g/mol. The van der Waals surface area contributed by atoms with Gasteiger partial charge in [-0.05, 0) is 58.7 Å². The maximum atomic E-state index is 10.9. The molecule has 1 N–H and O–H groups in total. The lowest BCUT2D eigenvalue weighted by Gasteiger charge is -2.44. The van der Waals surface area contributed by atoms with E-state index in [2.05, 4.69) is 37.7 Å². The largest absolute Gasteiger partial charge is 0.391 e. The highest BCUT2D eigenvalue weighted by Crippen LogP contribution is 2.32. The van der Waals surface area contributed by atoms with E-state index in [1.54, 1.807) is 0 Å². The quantitative estimate of drug-likeness (QED) is 0.840. The molecule has 21 heavy (non-hydrogen) atoms. The Kier molecular flexibility index (Phi) is 5.44. The summed E-state index contributed by atoms with van der Waals surface area (Å²) in [4.78, 5) is 2.51. The zero-order valence-corrected chi connectivity index (χ0v) is 14.0. The van der Waals surface area contributed by atoms with Crippen molar-refractivity contribution in [1.29, 1.82) is 0 Å². The summed E-state index contributed by atoms with van der Waals surface area (Å²) in [5.74, 6) is 0. The number of nitrogens with zero attached hydrogens (tertiary/aromatic N) is 3. The van der Waals surface area contributed by atoms with Crippen molar-refractivity contribution in [2.45, 2.75) is 77.5 Å². The van der Waals surface area contributed by atoms with Crippen LogP contribution < -0.4 is 0 Å². The van der Waals surface area contributed by atoms with Gasteiger partial charge in [-0.1, -0.05) is 13.8 Å². The van der Waals surface area contributed by atoms with Crippen molar-refractivity contribution in [3.8, 4) is 0 Å². The van der Waals surface area contributed by atoms with Crippen LogP contribution in [-0.2, 0) is 6.42 Å². The molecule has 2 rings (SSSR count). The van der Waals surface area contributed by atoms with Crippen LogP contribution in [0.15, 0.2) is 12.3 Å². The summed E-state index contributed by atoms with van der Waals surface area (Å²) in [6, 6.07) is 2.42. The fourth-order valence-electron chi connectivity index (χ4n) is 3.70. The van der Waals surface area contributed by atoms with Crippen molar-refractivity contribution >= 4 is 0 Å². The minimum Gasteiger partial charge on any atom is -0.391 e. The zero-order valence-electron chi connectivity index (χ0n) is 14.0. The zero-order chi connectivity index (χ0) is 15.5. The van der Waals surface area contributed by atoms with Crippen LogP contribution in [0.3, 0.4) is 0 Å². The standard InChI is InChI=1S/C17H31N3O/c1-5-17(6-2,19-10-7-8-11-19)16(21)13-15-9-12-20(18-15)14(3)4/h9,12,14,16,21H,5-8,10-11,13H2,1-4H3. The Morgan fingerprint density at radius 3 is 2.33 bits per heavy atom. The number of rotatable bonds is 7. The minimum absolute atomic E-state index is 0.0852. The molecule has 2 heterocycles. The van der Waals surface area contributed by atoms with Gasteiger partial charge in [-0.15, -0.1) is 0 Å². The Morgan fingerprint density at radius 2 is 1.86 bits per heavy atom. The van der Waals surface area contributed by atoms with Crippen LogP contribution in [-0.4, -0.2) is 44.5 Å². The fourth-order valence-corrected chi connectivity index (χ4v) is 3.70. The number of aromatic nitrogens is 2. The molecule has 0 bridgehead atoms. The number of hydrogen-bond acceptors (Lipinski definition) is 3. The van der Waals surface area contributed by atoms with Gasteiger partial charge in [-0.25, -0.2) is 0 Å². The molecule has 0 aliphatic carbocycles. The SMILES string of the molecule is CCC(CC)(C(O)Cc1ccn(C(C)C)n1)N1CCCC1. The highest BCUT2D eigenvalue weighted by atomic mass is 16.3. The third-order valence-corrected chi connectivity index (χ3v) is 5.18. The van der Waals surface area contributed by atoms with Crippen LogP contribution in [0.25, 0.3) is 0 Å². The summed E-state index contributed by atoms with van der Waals surface area (Å²) in [6.45, 7) is 10.9. The third kappa shape index (κ3) is 3.32. The molecule has 1 aliphatic rings. The van der Waals surface area contributed by atoms with Gasteiger partial charge in [-0.2, -0.15) is 5.10 Å². The predicted molar refractivity (Wildman–Crippen MR) is 86.4 cm³/mol. The average molecular weight is 293 g/mol. The Balaban J connectivity index is 2.12. The molecule has 1 aromatic rings. The van der Waals surface area contributed by atoms with E-state index in [9.17, 15) is 5.11 Å². The normalized spacial score (nSPS) is 18.6. The molecule has 0 saturated carbocycles. The molecule has 1 aromatic heterocycles. The molecule has 4 nitrogen and oxygen atoms in total. The molecule has 0 radical (unpaired) electrons. The second kappa shape index (κ2) is 6.93. The molecule has 1 saturated heterocycles. The summed E-state index contributed by atoms with van der Waals surface area (Å²) in [6.07, 6.45) is 6.83. The molecule has 0 aromatic carbocycles. The lowest BCUT2D eigenvalue weighted by Crippen LogP contribution is -2.55. The molecule has 1 atom stereocenters. The summed E-state index contributed by atoms with van der Waals surface area (Å²) in [7, 11) is 0. The van der Waals surface area contributed by atoms with Crippen molar-refractivity contribution in [2.75, 3.05) is 13.1 Å². The molecular formula is C17H31N3O. The van der Waals surface area contributed by atoms with E-state index in [1.165, 1.54) is 12.8 Å². The first kappa shape index (κ1) is 16.5. The molecule has 1 aliphatic heterocycles. The molecule has 0 spiro atoms. The smallest absolute Gasteiger partial charge is 0.0779 e. The fraction of sp³-hybridized carbons (Fsp3) is 0.824. The summed E-state index contributed by atoms with van der Waals surface area (Å²) in [5.41, 5.74) is 0.916. The van der Waals surface area contributed by atoms with Gasteiger partial charge in [0.1, 0.15) is 0 Å². The Bertz CT molecular complexity index is 431. The lowest BCUT2D eigenvalue weighted by molar-refractivity contribution is -0.0275. The Hall–Kier alpha value is -0.870. The highest BCUT2D eigenvalue weighted by Gasteiger charge is 2.41. The van der Waals surface area contributed by atoms with Crippen LogP contribution in [0.2, 0.25) is 0 Å². The van der Waals surface area contributed by atoms with Crippen LogP contribution in [0, 0.1) is 0 Å². The van der Waals surface area contributed by atoms with E-state index in [0.717, 1.165) is 31.6 Å². The molecule has 120 valence electrons. The van der Waals surface area contributed by atoms with E-state index in [0.29, 0.717) is 12.5 Å². The van der Waals surface area contributed by atoms with Gasteiger partial charge in [0, 0.05) is 24.2 Å². The summed E-state index contributed by atoms with van der Waals surface area (Å²) >= 11 is 0. The molecule has 4 heteroatoms. The summed E-state index contributed by atoms with van der Waals surface area (Å²) in [5, 5.41) is 15.5. The second-order valence-electron chi connectivity index (χ2n) is 6.61. The van der Waals surface area contributed by atoms with E-state index in [-0.39, 0.29) is 11.6 Å². The van der Waals surface area contributed by atoms with Crippen molar-refractivity contribution in [3.63, 3.8) is 0 Å². The second-order valence-corrected chi connectivity index (χ2v) is 6.61. The number of hydrogen-bond donors (Lipinski definition) is 1. The van der Waals surface area contributed by atoms with Crippen molar-refractivity contribution in [1.82, 2.24) is 14.7 Å². The minimum atomic E-state index is -0.346. The van der Waals surface area contributed by atoms with Crippen LogP contribution in [0.1, 0.15) is 65.1 Å². The topological polar surface area (TPSA) is 41.3 Å². The van der Waals surface area contributed by atoms with Gasteiger partial charge in [-0.3, -0.25) is 9.58 Å². The van der Waals surface area contributed by atoms with Crippen molar-refractivity contribution < 1.29 is 5.11 Å². The predicted octanol–water partition coefficient (Wildman–Crippen LogP) is 3.02. The van der Waals surface area contributed by atoms with Crippen LogP contribution in [0.5, 0.6) is 0 Å². The molecule has 1 fully saturated rings. The van der Waals surface area contributed by atoms with Gasteiger partial charge in [0.2, 0.25) is 0 Å². The van der Waals surface area contributed by atoms with E-state index < -0.39 is 0 Å². The first-order valence-electron chi connectivity index (χ1n) is 8.50. The summed E-state index contributed by atoms with van der Waals surface area (Å²) < 4.78 is 1.97. The van der Waals surface area contributed by atoms with Gasteiger partial charge in [0.25, 0.3) is 0 Å². The highest BCUT2D eigenvalue weighted by molar-refractivity contribution is 5.06. The first-order chi connectivity index (χ1) is 10.0. The van der Waals surface area contributed by atoms with Crippen molar-refractivity contribution in [3.05, 3.63) is 18.0 Å². The van der Waals surface area contributed by atoms with Gasteiger partial charge >= 0.3 is 0 Å². The number of likely N-dealkylation sites (tertiary alicyclic amines) is 1. The van der Waals surface area contributed by atoms with Gasteiger partial charge in [0.05, 0.1) is 11.8 Å². The maximum absolute atomic E-state index is 10.9. The first-order valence-corrected chi connectivity index (χ1v) is 8.50.